The molecule has 1 atom stereocenters. The lowest BCUT2D eigenvalue weighted by molar-refractivity contribution is -0.104. The van der Waals surface area contributed by atoms with Crippen molar-refractivity contribution in [2.45, 2.75) is 31.6 Å². The lowest BCUT2D eigenvalue weighted by atomic mass is 9.86. The second kappa shape index (κ2) is 9.40. The van der Waals surface area contributed by atoms with E-state index in [1.165, 1.54) is 0 Å². The average molecular weight is 461 g/mol. The average Bonchev–Trinajstić information content (AvgIpc) is 3.05. The molecule has 0 spiro atoms. The summed E-state index contributed by atoms with van der Waals surface area (Å²) >= 11 is 0. The van der Waals surface area contributed by atoms with Crippen LogP contribution in [0.2, 0.25) is 0 Å². The topological polar surface area (TPSA) is 53.9 Å². The van der Waals surface area contributed by atoms with Gasteiger partial charge in [0.25, 0.3) is 0 Å². The van der Waals surface area contributed by atoms with Gasteiger partial charge in [0.05, 0.1) is 5.57 Å². The number of carbonyl (C=O) groups is 1. The molecule has 0 radical (unpaired) electrons. The first-order valence-electron chi connectivity index (χ1n) is 9.94. The molecule has 3 aliphatic rings. The fourth-order valence-corrected chi connectivity index (χ4v) is 3.94. The number of amidine groups is 1. The first-order chi connectivity index (χ1) is 15.0. The largest absolute Gasteiger partial charge is 0.418 e. The zero-order chi connectivity index (χ0) is 23.5. The van der Waals surface area contributed by atoms with Gasteiger partial charge in [0.2, 0.25) is 0 Å². The number of nitrogens with zero attached hydrogens (tertiary/aromatic N) is 2. The minimum Gasteiger partial charge on any atom is -0.406 e. The van der Waals surface area contributed by atoms with E-state index in [0.29, 0.717) is 25.9 Å². The monoisotopic (exact) mass is 461 g/mol. The van der Waals surface area contributed by atoms with Crippen LogP contribution in [0.1, 0.15) is 19.3 Å². The van der Waals surface area contributed by atoms with Crippen LogP contribution in [0.3, 0.4) is 0 Å². The molecular weight excluding hydrogens is 440 g/mol. The van der Waals surface area contributed by atoms with Crippen molar-refractivity contribution in [1.29, 1.82) is 0 Å². The zero-order valence-corrected chi connectivity index (χ0v) is 16.9. The van der Waals surface area contributed by atoms with Crippen LogP contribution in [0.15, 0.2) is 40.1 Å². The number of aliphatic imine (C=N–C) groups is 1. The van der Waals surface area contributed by atoms with E-state index in [4.69, 9.17) is 11.2 Å². The third kappa shape index (κ3) is 5.94. The Morgan fingerprint density at radius 1 is 1.22 bits per heavy atom. The number of cyclic esters (lactones) is 1. The van der Waals surface area contributed by atoms with Crippen molar-refractivity contribution in [2.75, 3.05) is 26.2 Å². The standard InChI is InChI=1S/C21H21F6N3O2/c1-2-7-28-18-17(32-19(31)29-18)10-13-5-8-30(9-6-13)12-14-3-4-15(20(22,23)24)11-16(14)21(25,26)27/h1,4,10-11,13-14H,3,5-9,12H2,(H,28,29,31). The van der Waals surface area contributed by atoms with Crippen LogP contribution in [0, 0.1) is 24.2 Å². The first kappa shape index (κ1) is 23.9. The van der Waals surface area contributed by atoms with Crippen LogP contribution in [0.4, 0.5) is 31.1 Å². The van der Waals surface area contributed by atoms with Gasteiger partial charge < -0.3 is 9.64 Å². The molecule has 0 saturated carbocycles. The number of alkyl carbamates (subject to hydrolysis) is 1. The maximum Gasteiger partial charge on any atom is 0.418 e. The number of allylic oxidation sites excluding steroid dienone is 4. The third-order valence-corrected chi connectivity index (χ3v) is 5.51. The van der Waals surface area contributed by atoms with Crippen molar-refractivity contribution in [2.24, 2.45) is 16.8 Å². The molecule has 0 aromatic carbocycles. The number of amides is 1. The number of halogens is 6. The number of carbonyl (C=O) groups excluding carboxylic acids is 1. The van der Waals surface area contributed by atoms with Crippen molar-refractivity contribution in [3.8, 4) is 12.3 Å². The number of likely N-dealkylation sites (tertiary alicyclic amines) is 1. The molecule has 1 aliphatic carbocycles. The molecule has 2 fully saturated rings. The molecule has 2 heterocycles. The number of hydrogen-bond acceptors (Lipinski definition) is 4. The van der Waals surface area contributed by atoms with E-state index in [9.17, 15) is 31.1 Å². The molecule has 1 N–H and O–H groups in total. The van der Waals surface area contributed by atoms with Gasteiger partial charge in [0.15, 0.2) is 11.6 Å². The van der Waals surface area contributed by atoms with Crippen molar-refractivity contribution < 1.29 is 35.9 Å². The number of ether oxygens (including phenoxy) is 1. The molecule has 32 heavy (non-hydrogen) atoms. The number of piperidine rings is 1. The van der Waals surface area contributed by atoms with E-state index < -0.39 is 35.5 Å². The summed E-state index contributed by atoms with van der Waals surface area (Å²) in [7, 11) is 0. The normalized spacial score (nSPS) is 25.9. The van der Waals surface area contributed by atoms with Crippen LogP contribution in [-0.4, -0.2) is 55.4 Å². The van der Waals surface area contributed by atoms with Gasteiger partial charge >= 0.3 is 18.4 Å². The third-order valence-electron chi connectivity index (χ3n) is 5.51. The maximum atomic E-state index is 13.4. The minimum atomic E-state index is -4.83. The molecule has 3 rings (SSSR count). The SMILES string of the molecule is C#CCN=C1NC(=O)OC1=CC1CCN(CC2CC=C(C(F)(F)F)C=C2C(F)(F)F)CC1. The maximum absolute atomic E-state index is 13.4. The van der Waals surface area contributed by atoms with E-state index in [0.717, 1.165) is 6.08 Å². The highest BCUT2D eigenvalue weighted by atomic mass is 19.4. The highest BCUT2D eigenvalue weighted by Crippen LogP contribution is 2.41. The Balaban J connectivity index is 1.61. The summed E-state index contributed by atoms with van der Waals surface area (Å²) in [5.74, 6) is 1.78. The van der Waals surface area contributed by atoms with Crippen molar-refractivity contribution in [1.82, 2.24) is 10.2 Å². The Bertz CT molecular complexity index is 900. The van der Waals surface area contributed by atoms with Gasteiger partial charge in [0.1, 0.15) is 6.54 Å². The highest BCUT2D eigenvalue weighted by molar-refractivity contribution is 6.10. The highest BCUT2D eigenvalue weighted by Gasteiger charge is 2.44. The fourth-order valence-electron chi connectivity index (χ4n) is 3.94. The fraction of sp³-hybridized carbons (Fsp3) is 0.524. The van der Waals surface area contributed by atoms with Gasteiger partial charge in [-0.1, -0.05) is 12.0 Å². The predicted octanol–water partition coefficient (Wildman–Crippen LogP) is 4.35. The Morgan fingerprint density at radius 2 is 1.91 bits per heavy atom. The van der Waals surface area contributed by atoms with Crippen molar-refractivity contribution in [3.05, 3.63) is 35.1 Å². The molecular formula is C21H21F6N3O2. The Labute approximate surface area is 180 Å². The van der Waals surface area contributed by atoms with Crippen LogP contribution in [-0.2, 0) is 4.74 Å². The summed E-state index contributed by atoms with van der Waals surface area (Å²) in [4.78, 5) is 17.3. The molecule has 174 valence electrons. The number of nitrogens with one attached hydrogen (secondary N) is 1. The van der Waals surface area contributed by atoms with Gasteiger partial charge in [-0.3, -0.25) is 10.3 Å². The zero-order valence-electron chi connectivity index (χ0n) is 16.9. The van der Waals surface area contributed by atoms with Crippen molar-refractivity contribution in [3.63, 3.8) is 0 Å². The summed E-state index contributed by atoms with van der Waals surface area (Å²) in [6.45, 7) is 1.01. The molecule has 2 saturated heterocycles. The summed E-state index contributed by atoms with van der Waals surface area (Å²) in [5.41, 5.74) is -2.40. The quantitative estimate of drug-likeness (QED) is 0.500. The van der Waals surface area contributed by atoms with E-state index in [1.54, 1.807) is 6.08 Å². The second-order valence-electron chi connectivity index (χ2n) is 7.74. The molecule has 0 aromatic heterocycles. The Morgan fingerprint density at radius 3 is 2.50 bits per heavy atom. The van der Waals surface area contributed by atoms with E-state index in [2.05, 4.69) is 16.2 Å². The van der Waals surface area contributed by atoms with Gasteiger partial charge in [-0.05, 0) is 50.4 Å². The lowest BCUT2D eigenvalue weighted by Crippen LogP contribution is -2.39. The Hall–Kier alpha value is -2.74. The molecule has 0 bridgehead atoms. The molecule has 1 unspecified atom stereocenters. The number of hydrogen-bond donors (Lipinski definition) is 1. The van der Waals surface area contributed by atoms with Gasteiger partial charge in [0, 0.05) is 18.0 Å². The smallest absolute Gasteiger partial charge is 0.406 e. The Kier molecular flexibility index (Phi) is 7.03. The van der Waals surface area contributed by atoms with Gasteiger partial charge in [-0.25, -0.2) is 4.79 Å². The molecule has 0 aromatic rings. The summed E-state index contributed by atoms with van der Waals surface area (Å²) in [6, 6.07) is 0. The van der Waals surface area contributed by atoms with Crippen LogP contribution >= 0.6 is 0 Å². The molecule has 5 nitrogen and oxygen atoms in total. The van der Waals surface area contributed by atoms with Gasteiger partial charge in [-0.2, -0.15) is 26.3 Å². The lowest BCUT2D eigenvalue weighted by Gasteiger charge is -2.35. The van der Waals surface area contributed by atoms with Crippen molar-refractivity contribution >= 4 is 11.9 Å². The second-order valence-corrected chi connectivity index (χ2v) is 7.74. The van der Waals surface area contributed by atoms with Crippen LogP contribution in [0.25, 0.3) is 0 Å². The first-order valence-corrected chi connectivity index (χ1v) is 9.94. The summed E-state index contributed by atoms with van der Waals surface area (Å²) < 4.78 is 83.9. The molecule has 1 amide bonds. The van der Waals surface area contributed by atoms with E-state index >= 15 is 0 Å². The van der Waals surface area contributed by atoms with Gasteiger partial charge in [-0.15, -0.1) is 6.42 Å². The summed E-state index contributed by atoms with van der Waals surface area (Å²) in [5, 5.41) is 2.44. The summed E-state index contributed by atoms with van der Waals surface area (Å²) in [6.07, 6.45) is -1.49. The number of rotatable bonds is 4. The number of terminal acetylenes is 1. The molecule has 2 aliphatic heterocycles. The van der Waals surface area contributed by atoms with Crippen LogP contribution in [0.5, 0.6) is 0 Å². The van der Waals surface area contributed by atoms with E-state index in [1.807, 2.05) is 4.90 Å². The predicted molar refractivity (Wildman–Crippen MR) is 104 cm³/mol. The van der Waals surface area contributed by atoms with E-state index in [-0.39, 0.29) is 43.1 Å². The molecule has 11 heteroatoms. The van der Waals surface area contributed by atoms with Crippen LogP contribution < -0.4 is 5.32 Å². The number of alkyl halides is 6. The minimum absolute atomic E-state index is 0.00528.